The SMILES string of the molecule is Brc1ccc2c(c1)ncc1ccoc12. The summed E-state index contributed by atoms with van der Waals surface area (Å²) in [5.74, 6) is 0. The van der Waals surface area contributed by atoms with Gasteiger partial charge in [-0.3, -0.25) is 4.98 Å². The zero-order valence-corrected chi connectivity index (χ0v) is 8.78. The first kappa shape index (κ1) is 8.00. The summed E-state index contributed by atoms with van der Waals surface area (Å²) in [5, 5.41) is 2.09. The van der Waals surface area contributed by atoms with Crippen LogP contribution in [0.15, 0.2) is 45.6 Å². The largest absolute Gasteiger partial charge is 0.464 e. The Kier molecular flexibility index (Phi) is 1.61. The van der Waals surface area contributed by atoms with Gasteiger partial charge in [-0.15, -0.1) is 0 Å². The molecule has 68 valence electrons. The predicted molar refractivity (Wildman–Crippen MR) is 59.2 cm³/mol. The highest BCUT2D eigenvalue weighted by Gasteiger charge is 2.03. The summed E-state index contributed by atoms with van der Waals surface area (Å²) in [4.78, 5) is 4.35. The molecule has 2 nitrogen and oxygen atoms in total. The average Bonchev–Trinajstić information content (AvgIpc) is 2.65. The maximum absolute atomic E-state index is 5.42. The van der Waals surface area contributed by atoms with Gasteiger partial charge in [-0.1, -0.05) is 15.9 Å². The van der Waals surface area contributed by atoms with Gasteiger partial charge in [-0.25, -0.2) is 0 Å². The summed E-state index contributed by atoms with van der Waals surface area (Å²) in [6.45, 7) is 0. The van der Waals surface area contributed by atoms with Gasteiger partial charge >= 0.3 is 0 Å². The van der Waals surface area contributed by atoms with E-state index in [1.165, 1.54) is 0 Å². The highest BCUT2D eigenvalue weighted by Crippen LogP contribution is 2.26. The van der Waals surface area contributed by atoms with Crippen molar-refractivity contribution < 1.29 is 4.42 Å². The van der Waals surface area contributed by atoms with Crippen LogP contribution in [0.1, 0.15) is 0 Å². The topological polar surface area (TPSA) is 26.0 Å². The van der Waals surface area contributed by atoms with Crippen molar-refractivity contribution >= 4 is 37.8 Å². The highest BCUT2D eigenvalue weighted by molar-refractivity contribution is 9.10. The number of hydrogen-bond acceptors (Lipinski definition) is 2. The number of hydrogen-bond donors (Lipinski definition) is 0. The van der Waals surface area contributed by atoms with Crippen LogP contribution >= 0.6 is 15.9 Å². The summed E-state index contributed by atoms with van der Waals surface area (Å²) < 4.78 is 6.45. The van der Waals surface area contributed by atoms with Crippen LogP contribution in [-0.2, 0) is 0 Å². The van der Waals surface area contributed by atoms with Gasteiger partial charge in [0.1, 0.15) is 5.58 Å². The zero-order valence-electron chi connectivity index (χ0n) is 7.20. The molecular weight excluding hydrogens is 242 g/mol. The second kappa shape index (κ2) is 2.82. The zero-order chi connectivity index (χ0) is 9.54. The molecule has 2 aromatic heterocycles. The molecule has 0 saturated carbocycles. The lowest BCUT2D eigenvalue weighted by molar-refractivity contribution is 0.619. The Balaban J connectivity index is 2.57. The summed E-state index contributed by atoms with van der Waals surface area (Å²) in [6.07, 6.45) is 3.52. The molecule has 3 heteroatoms. The quantitative estimate of drug-likeness (QED) is 0.605. The lowest BCUT2D eigenvalue weighted by Crippen LogP contribution is -1.78. The van der Waals surface area contributed by atoms with Gasteiger partial charge in [-0.05, 0) is 24.3 Å². The average molecular weight is 248 g/mol. The molecule has 3 aromatic rings. The van der Waals surface area contributed by atoms with Gasteiger partial charge in [0.2, 0.25) is 0 Å². The van der Waals surface area contributed by atoms with E-state index in [0.717, 1.165) is 26.3 Å². The Bertz CT molecular complexity index is 615. The number of halogens is 1. The third kappa shape index (κ3) is 1.06. The van der Waals surface area contributed by atoms with Gasteiger partial charge in [0, 0.05) is 21.4 Å². The van der Waals surface area contributed by atoms with E-state index in [-0.39, 0.29) is 0 Å². The van der Waals surface area contributed by atoms with E-state index in [0.29, 0.717) is 0 Å². The molecule has 0 saturated heterocycles. The van der Waals surface area contributed by atoms with Crippen molar-refractivity contribution in [2.24, 2.45) is 0 Å². The third-order valence-electron chi connectivity index (χ3n) is 2.24. The molecule has 0 N–H and O–H groups in total. The predicted octanol–water partition coefficient (Wildman–Crippen LogP) is 3.74. The fourth-order valence-electron chi connectivity index (χ4n) is 1.58. The van der Waals surface area contributed by atoms with Crippen molar-refractivity contribution in [3.63, 3.8) is 0 Å². The molecule has 0 spiro atoms. The van der Waals surface area contributed by atoms with Crippen LogP contribution in [0.5, 0.6) is 0 Å². The molecule has 1 aromatic carbocycles. The Morgan fingerprint density at radius 2 is 2.14 bits per heavy atom. The number of furan rings is 1. The van der Waals surface area contributed by atoms with Crippen LogP contribution in [-0.4, -0.2) is 4.98 Å². The normalized spacial score (nSPS) is 11.2. The number of benzene rings is 1. The van der Waals surface area contributed by atoms with Crippen molar-refractivity contribution in [3.8, 4) is 0 Å². The van der Waals surface area contributed by atoms with Crippen molar-refractivity contribution in [1.82, 2.24) is 4.98 Å². The van der Waals surface area contributed by atoms with E-state index >= 15 is 0 Å². The van der Waals surface area contributed by atoms with Gasteiger partial charge < -0.3 is 4.42 Å². The van der Waals surface area contributed by atoms with E-state index in [1.807, 2.05) is 30.5 Å². The molecule has 0 aliphatic heterocycles. The maximum atomic E-state index is 5.42. The smallest absolute Gasteiger partial charge is 0.144 e. The molecule has 14 heavy (non-hydrogen) atoms. The molecule has 3 rings (SSSR count). The Morgan fingerprint density at radius 3 is 3.07 bits per heavy atom. The van der Waals surface area contributed by atoms with Crippen molar-refractivity contribution in [1.29, 1.82) is 0 Å². The van der Waals surface area contributed by atoms with Gasteiger partial charge in [0.05, 0.1) is 11.8 Å². The van der Waals surface area contributed by atoms with Crippen LogP contribution < -0.4 is 0 Å². The lowest BCUT2D eigenvalue weighted by atomic mass is 10.2. The summed E-state index contributed by atoms with van der Waals surface area (Å²) in [5.41, 5.74) is 1.85. The Hall–Kier alpha value is -1.35. The van der Waals surface area contributed by atoms with Gasteiger partial charge in [-0.2, -0.15) is 0 Å². The van der Waals surface area contributed by atoms with Crippen molar-refractivity contribution in [3.05, 3.63) is 41.2 Å². The maximum Gasteiger partial charge on any atom is 0.144 e. The number of fused-ring (bicyclic) bond motifs is 3. The van der Waals surface area contributed by atoms with Crippen LogP contribution in [0.25, 0.3) is 21.9 Å². The minimum absolute atomic E-state index is 0.905. The molecule has 0 bridgehead atoms. The van der Waals surface area contributed by atoms with Gasteiger partial charge in [0.25, 0.3) is 0 Å². The first-order valence-electron chi connectivity index (χ1n) is 4.26. The monoisotopic (exact) mass is 247 g/mol. The minimum Gasteiger partial charge on any atom is -0.464 e. The fraction of sp³-hybridized carbons (Fsp3) is 0. The lowest BCUT2D eigenvalue weighted by Gasteiger charge is -1.97. The van der Waals surface area contributed by atoms with Crippen molar-refractivity contribution in [2.45, 2.75) is 0 Å². The Morgan fingerprint density at radius 1 is 1.21 bits per heavy atom. The first-order chi connectivity index (χ1) is 6.84. The molecule has 0 fully saturated rings. The first-order valence-corrected chi connectivity index (χ1v) is 5.05. The third-order valence-corrected chi connectivity index (χ3v) is 2.74. The minimum atomic E-state index is 0.905. The van der Waals surface area contributed by atoms with E-state index in [1.54, 1.807) is 6.26 Å². The summed E-state index contributed by atoms with van der Waals surface area (Å²) in [6, 6.07) is 7.91. The van der Waals surface area contributed by atoms with E-state index < -0.39 is 0 Å². The fourth-order valence-corrected chi connectivity index (χ4v) is 1.93. The molecule has 0 aliphatic rings. The van der Waals surface area contributed by atoms with Crippen LogP contribution in [0.2, 0.25) is 0 Å². The van der Waals surface area contributed by atoms with E-state index in [2.05, 4.69) is 20.9 Å². The standard InChI is InChI=1S/C11H6BrNO/c12-8-1-2-9-10(5-8)13-6-7-3-4-14-11(7)9/h1-6H. The number of aromatic nitrogens is 1. The van der Waals surface area contributed by atoms with Crippen molar-refractivity contribution in [2.75, 3.05) is 0 Å². The molecule has 0 radical (unpaired) electrons. The molecule has 2 heterocycles. The highest BCUT2D eigenvalue weighted by atomic mass is 79.9. The van der Waals surface area contributed by atoms with Gasteiger partial charge in [0.15, 0.2) is 0 Å². The molecule has 0 amide bonds. The van der Waals surface area contributed by atoms with E-state index in [9.17, 15) is 0 Å². The van der Waals surface area contributed by atoms with Crippen LogP contribution in [0.3, 0.4) is 0 Å². The molecular formula is C11H6BrNO. The number of rotatable bonds is 0. The molecule has 0 unspecified atom stereocenters. The molecule has 0 atom stereocenters. The summed E-state index contributed by atoms with van der Waals surface area (Å²) >= 11 is 3.42. The second-order valence-corrected chi connectivity index (χ2v) is 4.04. The summed E-state index contributed by atoms with van der Waals surface area (Å²) in [7, 11) is 0. The van der Waals surface area contributed by atoms with Crippen LogP contribution in [0.4, 0.5) is 0 Å². The number of nitrogens with zero attached hydrogens (tertiary/aromatic N) is 1. The Labute approximate surface area is 88.7 Å². The van der Waals surface area contributed by atoms with Crippen LogP contribution in [0, 0.1) is 0 Å². The van der Waals surface area contributed by atoms with E-state index in [4.69, 9.17) is 4.42 Å². The second-order valence-electron chi connectivity index (χ2n) is 3.12. The number of pyridine rings is 1. The molecule has 0 aliphatic carbocycles.